The zero-order valence-electron chi connectivity index (χ0n) is 9.59. The molecule has 2 aromatic rings. The molecule has 0 fully saturated rings. The Labute approximate surface area is 94.1 Å². The first-order valence-corrected chi connectivity index (χ1v) is 5.34. The molecule has 6 nitrogen and oxygen atoms in total. The minimum Gasteiger partial charge on any atom is -0.324 e. The largest absolute Gasteiger partial charge is 0.324 e. The van der Waals surface area contributed by atoms with Crippen molar-refractivity contribution in [2.45, 2.75) is 33.5 Å². The van der Waals surface area contributed by atoms with Gasteiger partial charge in [-0.25, -0.2) is 9.67 Å². The van der Waals surface area contributed by atoms with Gasteiger partial charge < -0.3 is 5.73 Å². The van der Waals surface area contributed by atoms with E-state index < -0.39 is 0 Å². The van der Waals surface area contributed by atoms with E-state index >= 15 is 0 Å². The average Bonchev–Trinajstić information content (AvgIpc) is 2.85. The highest BCUT2D eigenvalue weighted by Crippen LogP contribution is 2.05. The van der Waals surface area contributed by atoms with Crippen LogP contribution in [-0.2, 0) is 19.6 Å². The molecule has 16 heavy (non-hydrogen) atoms. The third-order valence-electron chi connectivity index (χ3n) is 2.38. The Bertz CT molecular complexity index is 469. The van der Waals surface area contributed by atoms with Gasteiger partial charge in [-0.3, -0.25) is 4.68 Å². The van der Waals surface area contributed by atoms with Crippen LogP contribution in [0.1, 0.15) is 24.1 Å². The van der Waals surface area contributed by atoms with Crippen LogP contribution >= 0.6 is 0 Å². The SMILES string of the molecule is CCn1nc(C)cc1Cn1cnc(CN)n1. The van der Waals surface area contributed by atoms with Crippen molar-refractivity contribution < 1.29 is 0 Å². The molecule has 0 bridgehead atoms. The highest BCUT2D eigenvalue weighted by molar-refractivity contribution is 5.09. The lowest BCUT2D eigenvalue weighted by molar-refractivity contribution is 0.572. The molecule has 0 aliphatic rings. The fourth-order valence-electron chi connectivity index (χ4n) is 1.67. The zero-order chi connectivity index (χ0) is 11.5. The summed E-state index contributed by atoms with van der Waals surface area (Å²) in [6.45, 7) is 5.98. The summed E-state index contributed by atoms with van der Waals surface area (Å²) in [7, 11) is 0. The maximum atomic E-state index is 5.46. The standard InChI is InChI=1S/C10H16N6/c1-3-16-9(4-8(2)13-16)6-15-7-12-10(5-11)14-15/h4,7H,3,5-6,11H2,1-2H3. The van der Waals surface area contributed by atoms with Gasteiger partial charge in [-0.2, -0.15) is 10.2 Å². The van der Waals surface area contributed by atoms with E-state index in [0.29, 0.717) is 18.9 Å². The summed E-state index contributed by atoms with van der Waals surface area (Å²) in [4.78, 5) is 4.09. The van der Waals surface area contributed by atoms with Crippen LogP contribution in [0.3, 0.4) is 0 Å². The van der Waals surface area contributed by atoms with Crippen LogP contribution in [0.25, 0.3) is 0 Å². The van der Waals surface area contributed by atoms with E-state index in [9.17, 15) is 0 Å². The first kappa shape index (κ1) is 10.8. The number of aryl methyl sites for hydroxylation is 2. The second-order valence-electron chi connectivity index (χ2n) is 3.66. The van der Waals surface area contributed by atoms with E-state index in [1.54, 1.807) is 11.0 Å². The summed E-state index contributed by atoms with van der Waals surface area (Å²) >= 11 is 0. The Balaban J connectivity index is 2.19. The van der Waals surface area contributed by atoms with Gasteiger partial charge in [-0.1, -0.05) is 0 Å². The van der Waals surface area contributed by atoms with Gasteiger partial charge in [0, 0.05) is 6.54 Å². The lowest BCUT2D eigenvalue weighted by Gasteiger charge is -2.03. The smallest absolute Gasteiger partial charge is 0.164 e. The Hall–Kier alpha value is -1.69. The lowest BCUT2D eigenvalue weighted by atomic mass is 10.3. The van der Waals surface area contributed by atoms with Crippen molar-refractivity contribution in [1.29, 1.82) is 0 Å². The number of rotatable bonds is 4. The molecule has 0 saturated heterocycles. The Morgan fingerprint density at radius 3 is 2.81 bits per heavy atom. The average molecular weight is 220 g/mol. The molecule has 0 aliphatic carbocycles. The summed E-state index contributed by atoms with van der Waals surface area (Å²) in [6.07, 6.45) is 1.70. The first-order chi connectivity index (χ1) is 7.72. The van der Waals surface area contributed by atoms with E-state index in [-0.39, 0.29) is 0 Å². The van der Waals surface area contributed by atoms with E-state index in [4.69, 9.17) is 5.73 Å². The van der Waals surface area contributed by atoms with E-state index in [1.165, 1.54) is 0 Å². The molecule has 2 rings (SSSR count). The summed E-state index contributed by atoms with van der Waals surface area (Å²) in [6, 6.07) is 2.06. The van der Waals surface area contributed by atoms with Gasteiger partial charge in [-0.05, 0) is 19.9 Å². The van der Waals surface area contributed by atoms with Crippen molar-refractivity contribution in [3.8, 4) is 0 Å². The van der Waals surface area contributed by atoms with Crippen molar-refractivity contribution in [3.05, 3.63) is 29.6 Å². The quantitative estimate of drug-likeness (QED) is 0.804. The minimum absolute atomic E-state index is 0.374. The molecule has 0 aliphatic heterocycles. The van der Waals surface area contributed by atoms with Crippen molar-refractivity contribution in [2.24, 2.45) is 5.73 Å². The van der Waals surface area contributed by atoms with Gasteiger partial charge >= 0.3 is 0 Å². The molecule has 2 heterocycles. The second-order valence-corrected chi connectivity index (χ2v) is 3.66. The number of nitrogens with zero attached hydrogens (tertiary/aromatic N) is 5. The van der Waals surface area contributed by atoms with Crippen molar-refractivity contribution in [2.75, 3.05) is 0 Å². The Morgan fingerprint density at radius 2 is 2.19 bits per heavy atom. The maximum absolute atomic E-state index is 5.46. The molecule has 0 unspecified atom stereocenters. The molecule has 0 amide bonds. The Kier molecular flexibility index (Phi) is 3.00. The molecule has 6 heteroatoms. The summed E-state index contributed by atoms with van der Waals surface area (Å²) in [5.74, 6) is 0.666. The summed E-state index contributed by atoms with van der Waals surface area (Å²) in [5.41, 5.74) is 7.62. The second kappa shape index (κ2) is 4.44. The molecular formula is C10H16N6. The highest BCUT2D eigenvalue weighted by Gasteiger charge is 2.06. The number of nitrogens with two attached hydrogens (primary N) is 1. The van der Waals surface area contributed by atoms with Crippen LogP contribution in [0.2, 0.25) is 0 Å². The van der Waals surface area contributed by atoms with E-state index in [2.05, 4.69) is 28.2 Å². The Morgan fingerprint density at radius 1 is 1.38 bits per heavy atom. The summed E-state index contributed by atoms with van der Waals surface area (Å²) in [5, 5.41) is 8.63. The monoisotopic (exact) mass is 220 g/mol. The van der Waals surface area contributed by atoms with Gasteiger partial charge in [0.2, 0.25) is 0 Å². The molecule has 0 atom stereocenters. The number of hydrogen-bond acceptors (Lipinski definition) is 4. The topological polar surface area (TPSA) is 74.5 Å². The predicted molar refractivity (Wildman–Crippen MR) is 59.7 cm³/mol. The van der Waals surface area contributed by atoms with Gasteiger partial charge in [0.15, 0.2) is 5.82 Å². The van der Waals surface area contributed by atoms with Crippen molar-refractivity contribution in [3.63, 3.8) is 0 Å². The molecule has 0 spiro atoms. The fraction of sp³-hybridized carbons (Fsp3) is 0.500. The minimum atomic E-state index is 0.374. The molecule has 0 aromatic carbocycles. The number of aromatic nitrogens is 5. The summed E-state index contributed by atoms with van der Waals surface area (Å²) < 4.78 is 3.75. The van der Waals surface area contributed by atoms with Crippen molar-refractivity contribution in [1.82, 2.24) is 24.5 Å². The van der Waals surface area contributed by atoms with Crippen molar-refractivity contribution >= 4 is 0 Å². The predicted octanol–water partition coefficient (Wildman–Crippen LogP) is 0.310. The van der Waals surface area contributed by atoms with Gasteiger partial charge in [0.05, 0.1) is 24.5 Å². The molecule has 0 radical (unpaired) electrons. The highest BCUT2D eigenvalue weighted by atomic mass is 15.4. The maximum Gasteiger partial charge on any atom is 0.164 e. The lowest BCUT2D eigenvalue weighted by Crippen LogP contribution is -2.09. The normalized spacial score (nSPS) is 10.9. The van der Waals surface area contributed by atoms with E-state index in [0.717, 1.165) is 17.9 Å². The van der Waals surface area contributed by atoms with Crippen LogP contribution < -0.4 is 5.73 Å². The number of hydrogen-bond donors (Lipinski definition) is 1. The van der Waals surface area contributed by atoms with Crippen LogP contribution in [-0.4, -0.2) is 24.5 Å². The molecule has 86 valence electrons. The van der Waals surface area contributed by atoms with Crippen LogP contribution in [0.15, 0.2) is 12.4 Å². The third kappa shape index (κ3) is 2.11. The molecule has 2 N–H and O–H groups in total. The molecule has 2 aromatic heterocycles. The van der Waals surface area contributed by atoms with E-state index in [1.807, 2.05) is 11.6 Å². The zero-order valence-corrected chi connectivity index (χ0v) is 9.59. The van der Waals surface area contributed by atoms with Crippen LogP contribution in [0.4, 0.5) is 0 Å². The van der Waals surface area contributed by atoms with Crippen LogP contribution in [0, 0.1) is 6.92 Å². The van der Waals surface area contributed by atoms with Gasteiger partial charge in [0.1, 0.15) is 6.33 Å². The third-order valence-corrected chi connectivity index (χ3v) is 2.38. The van der Waals surface area contributed by atoms with Gasteiger partial charge in [-0.15, -0.1) is 0 Å². The molecular weight excluding hydrogens is 204 g/mol. The first-order valence-electron chi connectivity index (χ1n) is 5.34. The van der Waals surface area contributed by atoms with Gasteiger partial charge in [0.25, 0.3) is 0 Å². The fourth-order valence-corrected chi connectivity index (χ4v) is 1.67. The van der Waals surface area contributed by atoms with Crippen LogP contribution in [0.5, 0.6) is 0 Å². The molecule has 0 saturated carbocycles.